The number of benzene rings is 2. The highest BCUT2D eigenvalue weighted by Gasteiger charge is 2.32. The Kier molecular flexibility index (Phi) is 4.78. The van der Waals surface area contributed by atoms with Crippen molar-refractivity contribution in [3.63, 3.8) is 0 Å². The summed E-state index contributed by atoms with van der Waals surface area (Å²) >= 11 is 0. The van der Waals surface area contributed by atoms with Crippen molar-refractivity contribution >= 4 is 15.7 Å². The van der Waals surface area contributed by atoms with E-state index < -0.39 is 10.0 Å². The van der Waals surface area contributed by atoms with Gasteiger partial charge in [-0.25, -0.2) is 8.42 Å². The van der Waals surface area contributed by atoms with Crippen LogP contribution >= 0.6 is 0 Å². The number of nitrogens with zero attached hydrogens (tertiary/aromatic N) is 1. The predicted octanol–water partition coefficient (Wildman–Crippen LogP) is 3.37. The predicted molar refractivity (Wildman–Crippen MR) is 93.0 cm³/mol. The molecule has 0 bridgehead atoms. The molecule has 3 rings (SSSR count). The van der Waals surface area contributed by atoms with E-state index in [0.717, 1.165) is 5.56 Å². The largest absolute Gasteiger partial charge is 0.494 e. The third kappa shape index (κ3) is 2.99. The normalized spacial score (nSPS) is 17.4. The molecule has 1 aliphatic rings. The summed E-state index contributed by atoms with van der Waals surface area (Å²) in [6.07, 6.45) is 0.553. The van der Waals surface area contributed by atoms with Gasteiger partial charge in [-0.05, 0) is 43.7 Å². The van der Waals surface area contributed by atoms with E-state index in [-0.39, 0.29) is 11.0 Å². The lowest BCUT2D eigenvalue weighted by molar-refractivity contribution is 0.0951. The number of hydrogen-bond acceptors (Lipinski definition) is 4. The Hall–Kier alpha value is -2.05. The summed E-state index contributed by atoms with van der Waals surface area (Å²) < 4.78 is 38.5. The van der Waals surface area contributed by atoms with E-state index in [9.17, 15) is 8.42 Å². The smallest absolute Gasteiger partial charge is 0.264 e. The maximum Gasteiger partial charge on any atom is 0.264 e. The van der Waals surface area contributed by atoms with Gasteiger partial charge in [-0.1, -0.05) is 18.2 Å². The SMILES string of the molecule is CCOc1ccc(S(=O)(=O)N2CCC(OC)c3ccccc32)cc1. The van der Waals surface area contributed by atoms with Gasteiger partial charge in [0.2, 0.25) is 0 Å². The minimum absolute atomic E-state index is 0.0759. The molecule has 1 heterocycles. The molecule has 5 nitrogen and oxygen atoms in total. The van der Waals surface area contributed by atoms with Crippen molar-refractivity contribution < 1.29 is 17.9 Å². The molecular weight excluding hydrogens is 326 g/mol. The van der Waals surface area contributed by atoms with Crippen LogP contribution in [0.4, 0.5) is 5.69 Å². The van der Waals surface area contributed by atoms with Crippen molar-refractivity contribution in [1.82, 2.24) is 0 Å². The third-order valence-electron chi connectivity index (χ3n) is 4.15. The Morgan fingerprint density at radius 1 is 1.12 bits per heavy atom. The minimum Gasteiger partial charge on any atom is -0.494 e. The van der Waals surface area contributed by atoms with Crippen molar-refractivity contribution in [1.29, 1.82) is 0 Å². The zero-order chi connectivity index (χ0) is 17.2. The molecule has 1 aliphatic heterocycles. The lowest BCUT2D eigenvalue weighted by Gasteiger charge is -2.34. The highest BCUT2D eigenvalue weighted by molar-refractivity contribution is 7.92. The quantitative estimate of drug-likeness (QED) is 0.832. The highest BCUT2D eigenvalue weighted by Crippen LogP contribution is 2.38. The number of ether oxygens (including phenoxy) is 2. The van der Waals surface area contributed by atoms with Crippen LogP contribution < -0.4 is 9.04 Å². The summed E-state index contributed by atoms with van der Waals surface area (Å²) in [5.74, 6) is 0.662. The second-order valence-corrected chi connectivity index (χ2v) is 7.42. The lowest BCUT2D eigenvalue weighted by atomic mass is 10.0. The monoisotopic (exact) mass is 347 g/mol. The minimum atomic E-state index is -3.62. The summed E-state index contributed by atoms with van der Waals surface area (Å²) in [6.45, 7) is 2.83. The van der Waals surface area contributed by atoms with Gasteiger partial charge in [-0.3, -0.25) is 4.31 Å². The maximum absolute atomic E-state index is 13.1. The van der Waals surface area contributed by atoms with Gasteiger partial charge in [0, 0.05) is 19.2 Å². The fourth-order valence-electron chi connectivity index (χ4n) is 2.99. The first-order valence-corrected chi connectivity index (χ1v) is 9.39. The first-order valence-electron chi connectivity index (χ1n) is 7.95. The van der Waals surface area contributed by atoms with Crippen molar-refractivity contribution in [2.45, 2.75) is 24.3 Å². The van der Waals surface area contributed by atoms with Crippen LogP contribution in [0.25, 0.3) is 0 Å². The topological polar surface area (TPSA) is 55.8 Å². The Morgan fingerprint density at radius 2 is 1.83 bits per heavy atom. The molecule has 0 aromatic heterocycles. The van der Waals surface area contributed by atoms with Gasteiger partial charge in [-0.2, -0.15) is 0 Å². The zero-order valence-corrected chi connectivity index (χ0v) is 14.6. The van der Waals surface area contributed by atoms with Crippen LogP contribution in [0.2, 0.25) is 0 Å². The van der Waals surface area contributed by atoms with Gasteiger partial charge >= 0.3 is 0 Å². The van der Waals surface area contributed by atoms with E-state index in [1.54, 1.807) is 31.4 Å². The molecule has 0 spiro atoms. The zero-order valence-electron chi connectivity index (χ0n) is 13.8. The average Bonchev–Trinajstić information content (AvgIpc) is 2.61. The standard InChI is InChI=1S/C18H21NO4S/c1-3-23-14-8-10-15(11-9-14)24(20,21)19-13-12-18(22-2)16-6-4-5-7-17(16)19/h4-11,18H,3,12-13H2,1-2H3. The summed E-state index contributed by atoms with van der Waals surface area (Å²) in [4.78, 5) is 0.261. The number of methoxy groups -OCH3 is 1. The van der Waals surface area contributed by atoms with Crippen LogP contribution in [0.5, 0.6) is 5.75 Å². The molecule has 1 unspecified atom stereocenters. The van der Waals surface area contributed by atoms with Crippen LogP contribution in [-0.2, 0) is 14.8 Å². The molecule has 0 N–H and O–H groups in total. The summed E-state index contributed by atoms with van der Waals surface area (Å²) in [5.41, 5.74) is 1.59. The molecule has 0 fully saturated rings. The van der Waals surface area contributed by atoms with Gasteiger partial charge in [0.25, 0.3) is 10.0 Å². The van der Waals surface area contributed by atoms with Gasteiger partial charge in [0.05, 0.1) is 23.3 Å². The van der Waals surface area contributed by atoms with Gasteiger partial charge in [0.1, 0.15) is 5.75 Å². The number of fused-ring (bicyclic) bond motifs is 1. The second kappa shape index (κ2) is 6.83. The van der Waals surface area contributed by atoms with Gasteiger partial charge < -0.3 is 9.47 Å². The molecule has 2 aromatic rings. The highest BCUT2D eigenvalue weighted by atomic mass is 32.2. The van der Waals surface area contributed by atoms with Gasteiger partial charge in [-0.15, -0.1) is 0 Å². The summed E-state index contributed by atoms with van der Waals surface area (Å²) in [6, 6.07) is 14.0. The maximum atomic E-state index is 13.1. The van der Waals surface area contributed by atoms with Crippen molar-refractivity contribution in [3.05, 3.63) is 54.1 Å². The molecule has 6 heteroatoms. The number of para-hydroxylation sites is 1. The van der Waals surface area contributed by atoms with E-state index in [0.29, 0.717) is 31.0 Å². The van der Waals surface area contributed by atoms with Gasteiger partial charge in [0.15, 0.2) is 0 Å². The van der Waals surface area contributed by atoms with Crippen LogP contribution in [0.1, 0.15) is 25.0 Å². The Morgan fingerprint density at radius 3 is 2.50 bits per heavy atom. The van der Waals surface area contributed by atoms with Crippen molar-refractivity contribution in [2.75, 3.05) is 24.6 Å². The average molecular weight is 347 g/mol. The third-order valence-corrected chi connectivity index (χ3v) is 5.98. The lowest BCUT2D eigenvalue weighted by Crippen LogP contribution is -2.37. The first kappa shape index (κ1) is 16.8. The van der Waals surface area contributed by atoms with E-state index in [1.807, 2.05) is 31.2 Å². The molecule has 0 saturated carbocycles. The molecule has 128 valence electrons. The molecule has 0 radical (unpaired) electrons. The van der Waals surface area contributed by atoms with E-state index in [1.165, 1.54) is 4.31 Å². The Bertz CT molecular complexity index is 802. The second-order valence-electron chi connectivity index (χ2n) is 5.55. The van der Waals surface area contributed by atoms with Crippen LogP contribution in [0.3, 0.4) is 0 Å². The summed E-state index contributed by atoms with van der Waals surface area (Å²) in [7, 11) is -1.97. The van der Waals surface area contributed by atoms with E-state index in [4.69, 9.17) is 9.47 Å². The number of anilines is 1. The number of hydrogen-bond donors (Lipinski definition) is 0. The van der Waals surface area contributed by atoms with Crippen LogP contribution in [0, 0.1) is 0 Å². The molecular formula is C18H21NO4S. The molecule has 0 saturated heterocycles. The summed E-state index contributed by atoms with van der Waals surface area (Å²) in [5, 5.41) is 0. The fourth-order valence-corrected chi connectivity index (χ4v) is 4.50. The van der Waals surface area contributed by atoms with E-state index in [2.05, 4.69) is 0 Å². The first-order chi connectivity index (χ1) is 11.6. The molecule has 0 aliphatic carbocycles. The molecule has 24 heavy (non-hydrogen) atoms. The Balaban J connectivity index is 1.98. The molecule has 1 atom stereocenters. The molecule has 0 amide bonds. The fraction of sp³-hybridized carbons (Fsp3) is 0.333. The molecule has 2 aromatic carbocycles. The number of rotatable bonds is 5. The number of sulfonamides is 1. The van der Waals surface area contributed by atoms with Crippen LogP contribution in [-0.4, -0.2) is 28.7 Å². The Labute approximate surface area is 142 Å². The van der Waals surface area contributed by atoms with Crippen molar-refractivity contribution in [3.8, 4) is 5.75 Å². The van der Waals surface area contributed by atoms with E-state index >= 15 is 0 Å². The van der Waals surface area contributed by atoms with Crippen molar-refractivity contribution in [2.24, 2.45) is 0 Å². The van der Waals surface area contributed by atoms with Crippen LogP contribution in [0.15, 0.2) is 53.4 Å².